The number of aromatic amines is 1. The smallest absolute Gasteiger partial charge is 0.152 e. The van der Waals surface area contributed by atoms with Crippen molar-refractivity contribution in [2.24, 2.45) is 5.41 Å². The van der Waals surface area contributed by atoms with Crippen LogP contribution in [0.5, 0.6) is 0 Å². The fourth-order valence-corrected chi connectivity index (χ4v) is 3.35. The second-order valence-electron chi connectivity index (χ2n) is 7.02. The Morgan fingerprint density at radius 1 is 1.43 bits per heavy atom. The van der Waals surface area contributed by atoms with E-state index in [9.17, 15) is 0 Å². The lowest BCUT2D eigenvalue weighted by molar-refractivity contribution is 0.198. The zero-order chi connectivity index (χ0) is 14.9. The summed E-state index contributed by atoms with van der Waals surface area (Å²) in [5.41, 5.74) is 2.63. The van der Waals surface area contributed by atoms with Crippen molar-refractivity contribution < 1.29 is 4.42 Å². The summed E-state index contributed by atoms with van der Waals surface area (Å²) in [7, 11) is 0. The summed E-state index contributed by atoms with van der Waals surface area (Å²) in [5.74, 6) is 1.79. The van der Waals surface area contributed by atoms with Gasteiger partial charge in [-0.2, -0.15) is 5.10 Å². The van der Waals surface area contributed by atoms with Crippen LogP contribution in [0.1, 0.15) is 50.9 Å². The van der Waals surface area contributed by atoms with E-state index < -0.39 is 0 Å². The minimum atomic E-state index is 0.466. The van der Waals surface area contributed by atoms with Gasteiger partial charge in [0.1, 0.15) is 11.5 Å². The summed E-state index contributed by atoms with van der Waals surface area (Å²) in [6.07, 6.45) is 7.08. The van der Waals surface area contributed by atoms with Crippen LogP contribution < -0.4 is 5.32 Å². The largest absolute Gasteiger partial charge is 0.460 e. The van der Waals surface area contributed by atoms with Gasteiger partial charge >= 0.3 is 0 Å². The highest BCUT2D eigenvalue weighted by atomic mass is 16.3. The van der Waals surface area contributed by atoms with Gasteiger partial charge in [0.05, 0.1) is 6.20 Å². The zero-order valence-corrected chi connectivity index (χ0v) is 13.2. The van der Waals surface area contributed by atoms with Gasteiger partial charge in [0, 0.05) is 18.2 Å². The van der Waals surface area contributed by atoms with Crippen LogP contribution in [-0.4, -0.2) is 16.2 Å². The van der Waals surface area contributed by atoms with Crippen LogP contribution >= 0.6 is 0 Å². The number of hydrogen-bond donors (Lipinski definition) is 2. The van der Waals surface area contributed by atoms with E-state index in [1.165, 1.54) is 31.2 Å². The fourth-order valence-electron chi connectivity index (χ4n) is 3.35. The molecule has 114 valence electrons. The van der Waals surface area contributed by atoms with Crippen molar-refractivity contribution in [3.8, 4) is 11.5 Å². The van der Waals surface area contributed by atoms with Crippen molar-refractivity contribution in [2.75, 3.05) is 0 Å². The Labute approximate surface area is 126 Å². The van der Waals surface area contributed by atoms with E-state index in [1.807, 2.05) is 25.3 Å². The van der Waals surface area contributed by atoms with Crippen molar-refractivity contribution in [3.05, 3.63) is 29.7 Å². The molecule has 1 aliphatic rings. The third kappa shape index (κ3) is 3.38. The van der Waals surface area contributed by atoms with Crippen molar-refractivity contribution in [1.82, 2.24) is 15.5 Å². The molecule has 0 aliphatic heterocycles. The number of hydrogen-bond acceptors (Lipinski definition) is 3. The van der Waals surface area contributed by atoms with E-state index in [2.05, 4.69) is 29.4 Å². The zero-order valence-electron chi connectivity index (χ0n) is 13.2. The van der Waals surface area contributed by atoms with E-state index in [0.29, 0.717) is 11.5 Å². The predicted octanol–water partition coefficient (Wildman–Crippen LogP) is 4.04. The first-order chi connectivity index (χ1) is 10.0. The molecule has 1 aliphatic carbocycles. The normalized spacial score (nSPS) is 21.6. The Bertz CT molecular complexity index is 597. The number of furan rings is 1. The van der Waals surface area contributed by atoms with E-state index >= 15 is 0 Å². The van der Waals surface area contributed by atoms with Crippen LogP contribution in [0.15, 0.2) is 22.7 Å². The summed E-state index contributed by atoms with van der Waals surface area (Å²) in [6, 6.07) is 4.59. The SMILES string of the molecule is Cc1ccc(-c2[nH]ncc2CNC2CCCC(C)(C)C2)o1. The van der Waals surface area contributed by atoms with Crippen molar-refractivity contribution in [1.29, 1.82) is 0 Å². The van der Waals surface area contributed by atoms with Crippen LogP contribution in [0.25, 0.3) is 11.5 Å². The number of nitrogens with zero attached hydrogens (tertiary/aromatic N) is 1. The van der Waals surface area contributed by atoms with E-state index in [1.54, 1.807) is 0 Å². The molecular formula is C17H25N3O. The molecule has 0 bridgehead atoms. The van der Waals surface area contributed by atoms with Crippen molar-refractivity contribution in [3.63, 3.8) is 0 Å². The van der Waals surface area contributed by atoms with Gasteiger partial charge in [-0.05, 0) is 43.7 Å². The minimum absolute atomic E-state index is 0.466. The van der Waals surface area contributed by atoms with Crippen LogP contribution in [0.2, 0.25) is 0 Å². The molecule has 0 radical (unpaired) electrons. The lowest BCUT2D eigenvalue weighted by Crippen LogP contribution is -2.36. The van der Waals surface area contributed by atoms with Crippen LogP contribution in [0.3, 0.4) is 0 Å². The van der Waals surface area contributed by atoms with Gasteiger partial charge in [0.25, 0.3) is 0 Å². The lowest BCUT2D eigenvalue weighted by atomic mass is 9.75. The molecule has 3 rings (SSSR count). The first-order valence-electron chi connectivity index (χ1n) is 7.86. The molecule has 0 saturated heterocycles. The van der Waals surface area contributed by atoms with Gasteiger partial charge in [0.2, 0.25) is 0 Å². The molecule has 1 fully saturated rings. The Hall–Kier alpha value is -1.55. The summed E-state index contributed by atoms with van der Waals surface area (Å²) in [5, 5.41) is 10.9. The quantitative estimate of drug-likeness (QED) is 0.892. The molecule has 0 spiro atoms. The molecule has 2 aromatic heterocycles. The third-order valence-electron chi connectivity index (χ3n) is 4.49. The standard InChI is InChI=1S/C17H25N3O/c1-12-6-7-15(21-12)16-13(11-19-20-16)10-18-14-5-4-8-17(2,3)9-14/h6-7,11,14,18H,4-5,8-10H2,1-3H3,(H,19,20). The highest BCUT2D eigenvalue weighted by Gasteiger charge is 2.27. The van der Waals surface area contributed by atoms with Gasteiger partial charge in [-0.15, -0.1) is 0 Å². The molecule has 2 aromatic rings. The van der Waals surface area contributed by atoms with Gasteiger partial charge < -0.3 is 9.73 Å². The Kier molecular flexibility index (Phi) is 3.89. The average Bonchev–Trinajstić information content (AvgIpc) is 3.03. The molecular weight excluding hydrogens is 262 g/mol. The van der Waals surface area contributed by atoms with Crippen molar-refractivity contribution in [2.45, 2.75) is 59.0 Å². The average molecular weight is 287 g/mol. The van der Waals surface area contributed by atoms with Gasteiger partial charge in [-0.25, -0.2) is 0 Å². The first-order valence-corrected chi connectivity index (χ1v) is 7.86. The lowest BCUT2D eigenvalue weighted by Gasteiger charge is -2.35. The number of H-pyrrole nitrogens is 1. The molecule has 4 nitrogen and oxygen atoms in total. The van der Waals surface area contributed by atoms with Crippen LogP contribution in [-0.2, 0) is 6.54 Å². The molecule has 21 heavy (non-hydrogen) atoms. The van der Waals surface area contributed by atoms with Crippen molar-refractivity contribution >= 4 is 0 Å². The number of aryl methyl sites for hydroxylation is 1. The molecule has 1 unspecified atom stereocenters. The number of nitrogens with one attached hydrogen (secondary N) is 2. The van der Waals surface area contributed by atoms with Gasteiger partial charge in [-0.3, -0.25) is 5.10 Å². The Balaban J connectivity index is 1.65. The number of rotatable bonds is 4. The van der Waals surface area contributed by atoms with E-state index in [0.717, 1.165) is 23.8 Å². The minimum Gasteiger partial charge on any atom is -0.460 e. The molecule has 2 heterocycles. The third-order valence-corrected chi connectivity index (χ3v) is 4.49. The predicted molar refractivity (Wildman–Crippen MR) is 83.9 cm³/mol. The fraction of sp³-hybridized carbons (Fsp3) is 0.588. The van der Waals surface area contributed by atoms with E-state index in [-0.39, 0.29) is 0 Å². The Morgan fingerprint density at radius 3 is 3.00 bits per heavy atom. The molecule has 1 atom stereocenters. The first kappa shape index (κ1) is 14.4. The Morgan fingerprint density at radius 2 is 2.29 bits per heavy atom. The maximum Gasteiger partial charge on any atom is 0.152 e. The molecule has 0 aromatic carbocycles. The van der Waals surface area contributed by atoms with Crippen LogP contribution in [0, 0.1) is 12.3 Å². The van der Waals surface area contributed by atoms with Gasteiger partial charge in [0.15, 0.2) is 5.76 Å². The molecule has 0 amide bonds. The topological polar surface area (TPSA) is 53.9 Å². The highest BCUT2D eigenvalue weighted by molar-refractivity contribution is 5.56. The van der Waals surface area contributed by atoms with Crippen LogP contribution in [0.4, 0.5) is 0 Å². The second-order valence-corrected chi connectivity index (χ2v) is 7.02. The maximum atomic E-state index is 5.69. The molecule has 2 N–H and O–H groups in total. The summed E-state index contributed by atoms with van der Waals surface area (Å²) in [4.78, 5) is 0. The monoisotopic (exact) mass is 287 g/mol. The maximum absolute atomic E-state index is 5.69. The molecule has 4 heteroatoms. The number of aromatic nitrogens is 2. The summed E-state index contributed by atoms with van der Waals surface area (Å²) < 4.78 is 5.69. The summed E-state index contributed by atoms with van der Waals surface area (Å²) >= 11 is 0. The van der Waals surface area contributed by atoms with Gasteiger partial charge in [-0.1, -0.05) is 20.3 Å². The van der Waals surface area contributed by atoms with E-state index in [4.69, 9.17) is 4.42 Å². The molecule has 1 saturated carbocycles. The highest BCUT2D eigenvalue weighted by Crippen LogP contribution is 2.35. The second kappa shape index (κ2) is 5.68. The summed E-state index contributed by atoms with van der Waals surface area (Å²) in [6.45, 7) is 7.54.